The van der Waals surface area contributed by atoms with Crippen LogP contribution in [-0.2, 0) is 0 Å². The summed E-state index contributed by atoms with van der Waals surface area (Å²) in [5.41, 5.74) is -0.309. The Labute approximate surface area is 95.8 Å². The molecule has 0 unspecified atom stereocenters. The van der Waals surface area contributed by atoms with Gasteiger partial charge in [0.15, 0.2) is 0 Å². The van der Waals surface area contributed by atoms with Crippen molar-refractivity contribution in [2.45, 2.75) is 13.7 Å². The van der Waals surface area contributed by atoms with Crippen molar-refractivity contribution >= 4 is 21.6 Å². The van der Waals surface area contributed by atoms with E-state index in [2.05, 4.69) is 20.9 Å². The zero-order valence-electron chi connectivity index (χ0n) is 16.0. The Bertz CT molecular complexity index is 512. The van der Waals surface area contributed by atoms with Gasteiger partial charge in [-0.05, 0) is 35.7 Å². The van der Waals surface area contributed by atoms with Crippen LogP contribution in [0.25, 0.3) is 0 Å². The summed E-state index contributed by atoms with van der Waals surface area (Å²) in [5, 5.41) is 0. The van der Waals surface area contributed by atoms with E-state index < -0.39 is 26.7 Å². The lowest BCUT2D eigenvalue weighted by Crippen LogP contribution is -2.21. The largest absolute Gasteiger partial charge is 0.371 e. The molecule has 0 bridgehead atoms. The van der Waals surface area contributed by atoms with Gasteiger partial charge in [-0.2, -0.15) is 0 Å². The molecule has 0 atom stereocenters. The minimum atomic E-state index is -3.28. The first-order valence-electron chi connectivity index (χ1n) is 8.03. The van der Waals surface area contributed by atoms with E-state index in [0.29, 0.717) is 4.47 Å². The van der Waals surface area contributed by atoms with E-state index in [1.165, 1.54) is 12.3 Å². The molecule has 0 radical (unpaired) electrons. The van der Waals surface area contributed by atoms with Gasteiger partial charge in [0.2, 0.25) is 0 Å². The molecule has 1 aromatic rings. The van der Waals surface area contributed by atoms with Crippen LogP contribution in [0.3, 0.4) is 0 Å². The van der Waals surface area contributed by atoms with Gasteiger partial charge >= 0.3 is 0 Å². The van der Waals surface area contributed by atoms with Gasteiger partial charge in [-0.1, -0.05) is 0 Å². The minimum absolute atomic E-state index is 0.0950. The highest BCUT2D eigenvalue weighted by molar-refractivity contribution is 9.10. The van der Waals surface area contributed by atoms with E-state index >= 15 is 0 Å². The number of hydrogen-bond donors (Lipinski definition) is 0. The summed E-state index contributed by atoms with van der Waals surface area (Å²) in [6.45, 7) is -13.1. The fourth-order valence-corrected chi connectivity index (χ4v) is 1.03. The molecular weight excluding hydrogens is 216 g/mol. The second-order valence-corrected chi connectivity index (χ2v) is 2.84. The summed E-state index contributed by atoms with van der Waals surface area (Å²) in [4.78, 5) is 3.80. The molecule has 3 heteroatoms. The van der Waals surface area contributed by atoms with Crippen LogP contribution in [0.1, 0.15) is 27.4 Å². The van der Waals surface area contributed by atoms with Crippen molar-refractivity contribution in [1.82, 2.24) is 4.98 Å². The summed E-state index contributed by atoms with van der Waals surface area (Å²) >= 11 is 3.05. The molecule has 0 spiro atoms. The summed E-state index contributed by atoms with van der Waals surface area (Å²) in [7, 11) is 0. The molecule has 0 N–H and O–H groups in total. The van der Waals surface area contributed by atoms with E-state index in [9.17, 15) is 0 Å². The third kappa shape index (κ3) is 2.21. The van der Waals surface area contributed by atoms with Gasteiger partial charge in [0.1, 0.15) is 0 Å². The quantitative estimate of drug-likeness (QED) is 0.806. The van der Waals surface area contributed by atoms with Crippen molar-refractivity contribution in [2.24, 2.45) is 0 Å². The van der Waals surface area contributed by atoms with Crippen molar-refractivity contribution in [1.29, 1.82) is 0 Å². The number of anilines is 1. The van der Waals surface area contributed by atoms with Crippen LogP contribution in [0.15, 0.2) is 22.9 Å². The van der Waals surface area contributed by atoms with Gasteiger partial charge in [-0.15, -0.1) is 0 Å². The third-order valence-corrected chi connectivity index (χ3v) is 1.61. The number of aromatic nitrogens is 1. The predicted molar refractivity (Wildman–Crippen MR) is 55.5 cm³/mol. The molecule has 66 valence electrons. The molecule has 0 aliphatic heterocycles. The molecular formula is C9H13BrN2. The Kier molecular flexibility index (Phi) is 1.00. The molecule has 1 rings (SSSR count). The van der Waals surface area contributed by atoms with E-state index in [-0.39, 0.29) is 10.6 Å². The first kappa shape index (κ1) is 2.71. The van der Waals surface area contributed by atoms with Crippen LogP contribution < -0.4 is 4.90 Å². The Hall–Kier alpha value is -0.570. The van der Waals surface area contributed by atoms with Crippen LogP contribution >= 0.6 is 15.9 Å². The van der Waals surface area contributed by atoms with Crippen LogP contribution in [0, 0.1) is 0 Å². The summed E-state index contributed by atoms with van der Waals surface area (Å²) in [5.74, 6) is 0. The Balaban J connectivity index is 3.61. The van der Waals surface area contributed by atoms with Crippen molar-refractivity contribution in [3.63, 3.8) is 0 Å². The maximum absolute atomic E-state index is 7.78. The normalized spacial score (nSPS) is 26.8. The molecule has 0 aliphatic rings. The SMILES string of the molecule is [2H]C([2H])([2H])C([2H])([2H])N(c1cncc(Br)c1)C([2H])([2H])C([2H])([2H])[2H]. The zero-order valence-corrected chi connectivity index (χ0v) is 7.59. The molecule has 2 nitrogen and oxygen atoms in total. The van der Waals surface area contributed by atoms with Crippen LogP contribution in [0.2, 0.25) is 0 Å². The summed E-state index contributed by atoms with van der Waals surface area (Å²) in [6.07, 6.45) is 2.31. The van der Waals surface area contributed by atoms with E-state index in [1.54, 1.807) is 0 Å². The lowest BCUT2D eigenvalue weighted by atomic mass is 10.3. The van der Waals surface area contributed by atoms with Crippen molar-refractivity contribution in [3.05, 3.63) is 22.9 Å². The number of pyridine rings is 1. The Morgan fingerprint density at radius 3 is 2.92 bits per heavy atom. The zero-order chi connectivity index (χ0) is 17.6. The van der Waals surface area contributed by atoms with Crippen LogP contribution in [0.4, 0.5) is 5.69 Å². The second-order valence-electron chi connectivity index (χ2n) is 1.92. The predicted octanol–water partition coefficient (Wildman–Crippen LogP) is 2.69. The lowest BCUT2D eigenvalue weighted by Gasteiger charge is -2.20. The van der Waals surface area contributed by atoms with Crippen molar-refractivity contribution in [3.8, 4) is 0 Å². The molecule has 0 aromatic carbocycles. The topological polar surface area (TPSA) is 16.1 Å². The maximum atomic E-state index is 7.78. The Morgan fingerprint density at radius 2 is 2.33 bits per heavy atom. The van der Waals surface area contributed by atoms with Crippen LogP contribution in [0.5, 0.6) is 0 Å². The van der Waals surface area contributed by atoms with Crippen molar-refractivity contribution < 1.29 is 13.7 Å². The van der Waals surface area contributed by atoms with Gasteiger partial charge < -0.3 is 4.90 Å². The van der Waals surface area contributed by atoms with Gasteiger partial charge in [0, 0.05) is 37.4 Å². The first-order valence-corrected chi connectivity index (χ1v) is 3.82. The summed E-state index contributed by atoms with van der Waals surface area (Å²) in [6, 6.07) is 1.19. The molecule has 0 fully saturated rings. The molecule has 0 aliphatic carbocycles. The highest BCUT2D eigenvalue weighted by Crippen LogP contribution is 2.17. The summed E-state index contributed by atoms with van der Waals surface area (Å²) < 4.78 is 75.1. The molecule has 12 heavy (non-hydrogen) atoms. The van der Waals surface area contributed by atoms with Gasteiger partial charge in [0.25, 0.3) is 0 Å². The van der Waals surface area contributed by atoms with Gasteiger partial charge in [0.05, 0.1) is 11.9 Å². The number of halogens is 1. The number of rotatable bonds is 3. The molecule has 1 heterocycles. The Morgan fingerprint density at radius 1 is 1.58 bits per heavy atom. The molecule has 0 saturated heterocycles. The smallest absolute Gasteiger partial charge is 0.0563 e. The molecule has 0 saturated carbocycles. The minimum Gasteiger partial charge on any atom is -0.371 e. The number of hydrogen-bond acceptors (Lipinski definition) is 2. The fraction of sp³-hybridized carbons (Fsp3) is 0.444. The average Bonchev–Trinajstić information content (AvgIpc) is 2.24. The van der Waals surface area contributed by atoms with Gasteiger partial charge in [-0.3, -0.25) is 4.98 Å². The highest BCUT2D eigenvalue weighted by atomic mass is 79.9. The number of nitrogens with zero attached hydrogens (tertiary/aromatic N) is 2. The van der Waals surface area contributed by atoms with Gasteiger partial charge in [-0.25, -0.2) is 0 Å². The van der Waals surface area contributed by atoms with E-state index in [4.69, 9.17) is 13.7 Å². The standard InChI is InChI=1S/C9H13BrN2/c1-3-12(4-2)9-5-8(10)6-11-7-9/h5-7H,3-4H2,1-2H3/i1D3,2D3,3D2,4D2. The molecule has 0 amide bonds. The van der Waals surface area contributed by atoms with Crippen LogP contribution in [-0.4, -0.2) is 18.0 Å². The third-order valence-electron chi connectivity index (χ3n) is 1.17. The first-order chi connectivity index (χ1) is 9.62. The lowest BCUT2D eigenvalue weighted by molar-refractivity contribution is 0.862. The second kappa shape index (κ2) is 4.45. The fourth-order valence-electron chi connectivity index (χ4n) is 0.680. The van der Waals surface area contributed by atoms with Crippen molar-refractivity contribution in [2.75, 3.05) is 17.9 Å². The van der Waals surface area contributed by atoms with E-state index in [1.807, 2.05) is 0 Å². The highest BCUT2D eigenvalue weighted by Gasteiger charge is 2.00. The molecule has 1 aromatic heterocycles. The monoisotopic (exact) mass is 238 g/mol. The van der Waals surface area contributed by atoms with E-state index in [0.717, 1.165) is 6.20 Å². The average molecular weight is 239 g/mol. The maximum Gasteiger partial charge on any atom is 0.0563 e.